The number of carbonyl (C=O) groups excluding carboxylic acids is 1. The van der Waals surface area contributed by atoms with Crippen LogP contribution in [-0.2, 0) is 16.1 Å². The Bertz CT molecular complexity index is 511. The number of nitrogens with zero attached hydrogens (tertiary/aromatic N) is 2. The standard InChI is InChI=1S/C15H21N3O3/c1-18(11-15(19)17-6-7-20-2)10-12-4-5-14(21-3)13(8-12)9-16/h4-5,8H,6-7,10-11H2,1-3H3,(H,17,19). The van der Waals surface area contributed by atoms with Gasteiger partial charge in [0.1, 0.15) is 11.8 Å². The van der Waals surface area contributed by atoms with E-state index in [2.05, 4.69) is 11.4 Å². The number of ether oxygens (including phenoxy) is 2. The summed E-state index contributed by atoms with van der Waals surface area (Å²) in [5.41, 5.74) is 1.45. The summed E-state index contributed by atoms with van der Waals surface area (Å²) in [5.74, 6) is 0.504. The van der Waals surface area contributed by atoms with Crippen LogP contribution < -0.4 is 10.1 Å². The number of methoxy groups -OCH3 is 2. The molecule has 0 saturated heterocycles. The van der Waals surface area contributed by atoms with E-state index in [0.717, 1.165) is 5.56 Å². The van der Waals surface area contributed by atoms with Gasteiger partial charge in [0.25, 0.3) is 0 Å². The number of carbonyl (C=O) groups is 1. The first-order valence-electron chi connectivity index (χ1n) is 6.62. The Morgan fingerprint density at radius 2 is 2.19 bits per heavy atom. The number of amides is 1. The predicted molar refractivity (Wildman–Crippen MR) is 78.9 cm³/mol. The quantitative estimate of drug-likeness (QED) is 0.716. The number of nitrogens with one attached hydrogen (secondary N) is 1. The van der Waals surface area contributed by atoms with E-state index in [-0.39, 0.29) is 12.5 Å². The maximum absolute atomic E-state index is 11.7. The van der Waals surface area contributed by atoms with Crippen LogP contribution in [0.15, 0.2) is 18.2 Å². The molecule has 0 aliphatic rings. The highest BCUT2D eigenvalue weighted by molar-refractivity contribution is 5.77. The van der Waals surface area contributed by atoms with Crippen LogP contribution in [0.4, 0.5) is 0 Å². The zero-order chi connectivity index (χ0) is 15.7. The SMILES string of the molecule is COCCNC(=O)CN(C)Cc1ccc(OC)c(C#N)c1. The van der Waals surface area contributed by atoms with Crippen LogP contribution in [0.25, 0.3) is 0 Å². The van der Waals surface area contributed by atoms with Gasteiger partial charge in [0.2, 0.25) is 5.91 Å². The van der Waals surface area contributed by atoms with E-state index in [1.807, 2.05) is 18.0 Å². The predicted octanol–water partition coefficient (Wildman–Crippen LogP) is 0.761. The zero-order valence-electron chi connectivity index (χ0n) is 12.7. The molecule has 114 valence electrons. The average Bonchev–Trinajstić information content (AvgIpc) is 2.47. The van der Waals surface area contributed by atoms with Crippen molar-refractivity contribution in [2.75, 3.05) is 41.0 Å². The van der Waals surface area contributed by atoms with Crippen LogP contribution in [0, 0.1) is 11.3 Å². The lowest BCUT2D eigenvalue weighted by Gasteiger charge is -2.17. The molecule has 0 unspecified atom stereocenters. The molecule has 6 heteroatoms. The molecule has 0 saturated carbocycles. The molecule has 0 fully saturated rings. The minimum atomic E-state index is -0.0523. The third-order valence-electron chi connectivity index (χ3n) is 2.88. The summed E-state index contributed by atoms with van der Waals surface area (Å²) < 4.78 is 9.97. The molecule has 1 N–H and O–H groups in total. The smallest absolute Gasteiger partial charge is 0.234 e. The molecule has 0 radical (unpaired) electrons. The lowest BCUT2D eigenvalue weighted by Crippen LogP contribution is -2.36. The van der Waals surface area contributed by atoms with Gasteiger partial charge in [0.15, 0.2) is 0 Å². The van der Waals surface area contributed by atoms with Crippen LogP contribution in [0.5, 0.6) is 5.75 Å². The number of likely N-dealkylation sites (N-methyl/N-ethyl adjacent to an activating group) is 1. The second kappa shape index (κ2) is 8.95. The lowest BCUT2D eigenvalue weighted by atomic mass is 10.1. The minimum Gasteiger partial charge on any atom is -0.495 e. The van der Waals surface area contributed by atoms with Crippen LogP contribution in [0.3, 0.4) is 0 Å². The Kier molecular flexibility index (Phi) is 7.23. The second-order valence-electron chi connectivity index (χ2n) is 4.66. The Balaban J connectivity index is 2.53. The lowest BCUT2D eigenvalue weighted by molar-refractivity contribution is -0.122. The fourth-order valence-corrected chi connectivity index (χ4v) is 1.90. The van der Waals surface area contributed by atoms with Gasteiger partial charge in [-0.1, -0.05) is 6.07 Å². The third kappa shape index (κ3) is 5.81. The summed E-state index contributed by atoms with van der Waals surface area (Å²) in [7, 11) is 4.98. The van der Waals surface area contributed by atoms with Crippen molar-refractivity contribution in [2.24, 2.45) is 0 Å². The number of nitriles is 1. The van der Waals surface area contributed by atoms with E-state index >= 15 is 0 Å². The first-order valence-corrected chi connectivity index (χ1v) is 6.62. The van der Waals surface area contributed by atoms with Gasteiger partial charge >= 0.3 is 0 Å². The van der Waals surface area contributed by atoms with Gasteiger partial charge in [-0.15, -0.1) is 0 Å². The zero-order valence-corrected chi connectivity index (χ0v) is 12.7. The Morgan fingerprint density at radius 3 is 2.81 bits per heavy atom. The maximum atomic E-state index is 11.7. The molecule has 6 nitrogen and oxygen atoms in total. The van der Waals surface area contributed by atoms with Gasteiger partial charge in [-0.3, -0.25) is 9.69 Å². The van der Waals surface area contributed by atoms with Crippen LogP contribution in [0.1, 0.15) is 11.1 Å². The van der Waals surface area contributed by atoms with Crippen molar-refractivity contribution >= 4 is 5.91 Å². The molecular weight excluding hydrogens is 270 g/mol. The van der Waals surface area contributed by atoms with Crippen molar-refractivity contribution in [3.05, 3.63) is 29.3 Å². The maximum Gasteiger partial charge on any atom is 0.234 e. The average molecular weight is 291 g/mol. The molecule has 0 atom stereocenters. The van der Waals surface area contributed by atoms with Crippen molar-refractivity contribution in [3.63, 3.8) is 0 Å². The van der Waals surface area contributed by atoms with Gasteiger partial charge in [0.05, 0.1) is 25.8 Å². The van der Waals surface area contributed by atoms with E-state index in [1.165, 1.54) is 7.11 Å². The van der Waals surface area contributed by atoms with Crippen molar-refractivity contribution in [3.8, 4) is 11.8 Å². The summed E-state index contributed by atoms with van der Waals surface area (Å²) in [5, 5.41) is 11.8. The first kappa shape index (κ1) is 17.0. The monoisotopic (exact) mass is 291 g/mol. The summed E-state index contributed by atoms with van der Waals surface area (Å²) in [6.45, 7) is 1.87. The van der Waals surface area contributed by atoms with Crippen molar-refractivity contribution < 1.29 is 14.3 Å². The number of hydrogen-bond acceptors (Lipinski definition) is 5. The first-order chi connectivity index (χ1) is 10.1. The molecule has 0 spiro atoms. The van der Waals surface area contributed by atoms with E-state index in [4.69, 9.17) is 14.7 Å². The molecule has 1 aromatic carbocycles. The second-order valence-corrected chi connectivity index (χ2v) is 4.66. The van der Waals surface area contributed by atoms with Crippen molar-refractivity contribution in [1.82, 2.24) is 10.2 Å². The largest absolute Gasteiger partial charge is 0.495 e. The topological polar surface area (TPSA) is 74.6 Å². The van der Waals surface area contributed by atoms with E-state index < -0.39 is 0 Å². The minimum absolute atomic E-state index is 0.0523. The van der Waals surface area contributed by atoms with Crippen LogP contribution in [0.2, 0.25) is 0 Å². The summed E-state index contributed by atoms with van der Waals surface area (Å²) in [6, 6.07) is 7.53. The Labute approximate surface area is 125 Å². The summed E-state index contributed by atoms with van der Waals surface area (Å²) in [6.07, 6.45) is 0. The number of benzene rings is 1. The molecule has 1 aromatic rings. The Morgan fingerprint density at radius 1 is 1.43 bits per heavy atom. The van der Waals surface area contributed by atoms with Crippen molar-refractivity contribution in [2.45, 2.75) is 6.54 Å². The van der Waals surface area contributed by atoms with Gasteiger partial charge in [0, 0.05) is 20.2 Å². The molecule has 21 heavy (non-hydrogen) atoms. The van der Waals surface area contributed by atoms with Crippen molar-refractivity contribution in [1.29, 1.82) is 5.26 Å². The van der Waals surface area contributed by atoms with Crippen LogP contribution in [-0.4, -0.2) is 51.8 Å². The molecule has 0 heterocycles. The van der Waals surface area contributed by atoms with E-state index in [1.54, 1.807) is 19.2 Å². The number of hydrogen-bond donors (Lipinski definition) is 1. The normalized spacial score (nSPS) is 10.2. The van der Waals surface area contributed by atoms with Crippen LogP contribution >= 0.6 is 0 Å². The summed E-state index contributed by atoms with van der Waals surface area (Å²) >= 11 is 0. The molecular formula is C15H21N3O3. The Hall–Kier alpha value is -2.10. The van der Waals surface area contributed by atoms with Gasteiger partial charge in [-0.2, -0.15) is 5.26 Å². The fraction of sp³-hybridized carbons (Fsp3) is 0.467. The molecule has 1 rings (SSSR count). The highest BCUT2D eigenvalue weighted by Gasteiger charge is 2.09. The highest BCUT2D eigenvalue weighted by Crippen LogP contribution is 2.19. The number of rotatable bonds is 8. The molecule has 0 bridgehead atoms. The summed E-state index contributed by atoms with van der Waals surface area (Å²) in [4.78, 5) is 13.5. The van der Waals surface area contributed by atoms with E-state index in [0.29, 0.717) is 31.0 Å². The molecule has 0 aromatic heterocycles. The third-order valence-corrected chi connectivity index (χ3v) is 2.88. The highest BCUT2D eigenvalue weighted by atomic mass is 16.5. The molecule has 0 aliphatic carbocycles. The fourth-order valence-electron chi connectivity index (χ4n) is 1.90. The van der Waals surface area contributed by atoms with E-state index in [9.17, 15) is 4.79 Å². The molecule has 1 amide bonds. The van der Waals surface area contributed by atoms with Gasteiger partial charge in [-0.25, -0.2) is 0 Å². The van der Waals surface area contributed by atoms with Gasteiger partial charge < -0.3 is 14.8 Å². The molecule has 0 aliphatic heterocycles. The van der Waals surface area contributed by atoms with Gasteiger partial charge in [-0.05, 0) is 24.7 Å².